The summed E-state index contributed by atoms with van der Waals surface area (Å²) < 4.78 is 0. The molecular weight excluding hydrogens is 192 g/mol. The highest BCUT2D eigenvalue weighted by Gasteiger charge is 2.30. The quantitative estimate of drug-likeness (QED) is 0.823. The Kier molecular flexibility index (Phi) is 2.42. The van der Waals surface area contributed by atoms with Crippen LogP contribution in [0.25, 0.3) is 0 Å². The fourth-order valence-electron chi connectivity index (χ4n) is 1.52. The highest BCUT2D eigenvalue weighted by Crippen LogP contribution is 2.40. The summed E-state index contributed by atoms with van der Waals surface area (Å²) in [7, 11) is 0. The van der Waals surface area contributed by atoms with Crippen LogP contribution in [0.2, 0.25) is 0 Å². The first-order valence-electron chi connectivity index (χ1n) is 5.19. The normalized spacial score (nSPS) is 15.7. The van der Waals surface area contributed by atoms with E-state index in [2.05, 4.69) is 9.97 Å². The largest absolute Gasteiger partial charge is 0.478 e. The molecule has 1 aliphatic rings. The van der Waals surface area contributed by atoms with E-state index < -0.39 is 5.97 Å². The van der Waals surface area contributed by atoms with Crippen LogP contribution in [0, 0.1) is 0 Å². The molecule has 2 rings (SSSR count). The standard InChI is InChI=1S/C11H14N2O2/c1-6(2)10-12-5-8(11(14)15)9(13-10)7-3-4-7/h5-7H,3-4H2,1-2H3,(H,14,15). The van der Waals surface area contributed by atoms with E-state index in [0.717, 1.165) is 24.4 Å². The van der Waals surface area contributed by atoms with Crippen molar-refractivity contribution in [2.45, 2.75) is 38.5 Å². The van der Waals surface area contributed by atoms with Gasteiger partial charge in [-0.1, -0.05) is 13.8 Å². The molecule has 4 nitrogen and oxygen atoms in total. The van der Waals surface area contributed by atoms with Crippen LogP contribution in [-0.4, -0.2) is 21.0 Å². The third kappa shape index (κ3) is 1.98. The number of aromatic nitrogens is 2. The summed E-state index contributed by atoms with van der Waals surface area (Å²) in [5.41, 5.74) is 0.989. The van der Waals surface area contributed by atoms with Gasteiger partial charge in [0.2, 0.25) is 0 Å². The van der Waals surface area contributed by atoms with Crippen LogP contribution in [0.4, 0.5) is 0 Å². The third-order valence-electron chi connectivity index (χ3n) is 2.55. The Morgan fingerprint density at radius 2 is 2.20 bits per heavy atom. The van der Waals surface area contributed by atoms with Crippen molar-refractivity contribution in [2.24, 2.45) is 0 Å². The second kappa shape index (κ2) is 3.61. The predicted octanol–water partition coefficient (Wildman–Crippen LogP) is 2.18. The maximum Gasteiger partial charge on any atom is 0.339 e. The fraction of sp³-hybridized carbons (Fsp3) is 0.545. The molecule has 1 aromatic rings. The zero-order chi connectivity index (χ0) is 11.0. The maximum absolute atomic E-state index is 11.0. The third-order valence-corrected chi connectivity index (χ3v) is 2.55. The molecule has 1 aromatic heterocycles. The Hall–Kier alpha value is -1.45. The Morgan fingerprint density at radius 1 is 1.53 bits per heavy atom. The van der Waals surface area contributed by atoms with Crippen molar-refractivity contribution in [3.8, 4) is 0 Å². The van der Waals surface area contributed by atoms with E-state index in [1.54, 1.807) is 0 Å². The van der Waals surface area contributed by atoms with E-state index in [4.69, 9.17) is 5.11 Å². The molecule has 1 fully saturated rings. The van der Waals surface area contributed by atoms with Gasteiger partial charge in [-0.15, -0.1) is 0 Å². The van der Waals surface area contributed by atoms with Crippen LogP contribution in [-0.2, 0) is 0 Å². The smallest absolute Gasteiger partial charge is 0.339 e. The van der Waals surface area contributed by atoms with Crippen molar-refractivity contribution in [2.75, 3.05) is 0 Å². The molecule has 0 aromatic carbocycles. The van der Waals surface area contributed by atoms with Crippen LogP contribution in [0.3, 0.4) is 0 Å². The summed E-state index contributed by atoms with van der Waals surface area (Å²) >= 11 is 0. The Bertz CT molecular complexity index is 398. The summed E-state index contributed by atoms with van der Waals surface area (Å²) in [6, 6.07) is 0. The predicted molar refractivity (Wildman–Crippen MR) is 55.1 cm³/mol. The van der Waals surface area contributed by atoms with Gasteiger partial charge in [0.15, 0.2) is 0 Å². The minimum Gasteiger partial charge on any atom is -0.478 e. The molecule has 1 heterocycles. The van der Waals surface area contributed by atoms with Crippen LogP contribution in [0.5, 0.6) is 0 Å². The highest BCUT2D eigenvalue weighted by molar-refractivity contribution is 5.88. The molecule has 1 aliphatic carbocycles. The zero-order valence-electron chi connectivity index (χ0n) is 8.90. The average molecular weight is 206 g/mol. The van der Waals surface area contributed by atoms with Gasteiger partial charge in [-0.25, -0.2) is 14.8 Å². The molecule has 4 heteroatoms. The molecule has 15 heavy (non-hydrogen) atoms. The van der Waals surface area contributed by atoms with Gasteiger partial charge in [-0.3, -0.25) is 0 Å². The van der Waals surface area contributed by atoms with Gasteiger partial charge < -0.3 is 5.11 Å². The minimum absolute atomic E-state index is 0.241. The number of hydrogen-bond donors (Lipinski definition) is 1. The van der Waals surface area contributed by atoms with E-state index in [1.165, 1.54) is 6.20 Å². The van der Waals surface area contributed by atoms with Crippen LogP contribution < -0.4 is 0 Å². The first-order valence-corrected chi connectivity index (χ1v) is 5.19. The monoisotopic (exact) mass is 206 g/mol. The molecule has 0 atom stereocenters. The second-order valence-corrected chi connectivity index (χ2v) is 4.26. The van der Waals surface area contributed by atoms with Crippen molar-refractivity contribution in [3.63, 3.8) is 0 Å². The SMILES string of the molecule is CC(C)c1ncc(C(=O)O)c(C2CC2)n1. The van der Waals surface area contributed by atoms with E-state index in [9.17, 15) is 4.79 Å². The number of carbonyl (C=O) groups is 1. The molecule has 0 unspecified atom stereocenters. The summed E-state index contributed by atoms with van der Waals surface area (Å²) in [6.45, 7) is 4.01. The molecule has 0 radical (unpaired) electrons. The highest BCUT2D eigenvalue weighted by atomic mass is 16.4. The van der Waals surface area contributed by atoms with Crippen LogP contribution >= 0.6 is 0 Å². The molecule has 1 N–H and O–H groups in total. The number of aromatic carboxylic acids is 1. The van der Waals surface area contributed by atoms with Gasteiger partial charge >= 0.3 is 5.97 Å². The van der Waals surface area contributed by atoms with E-state index >= 15 is 0 Å². The molecule has 0 amide bonds. The lowest BCUT2D eigenvalue weighted by Crippen LogP contribution is -2.09. The molecule has 80 valence electrons. The summed E-state index contributed by atoms with van der Waals surface area (Å²) in [5.74, 6) is 0.399. The average Bonchev–Trinajstić information content (AvgIpc) is 2.99. The Labute approximate surface area is 88.4 Å². The van der Waals surface area contributed by atoms with Gasteiger partial charge in [0, 0.05) is 18.0 Å². The van der Waals surface area contributed by atoms with Crippen LogP contribution in [0.1, 0.15) is 60.4 Å². The van der Waals surface area contributed by atoms with Gasteiger partial charge in [0.1, 0.15) is 5.82 Å². The first kappa shape index (κ1) is 10.1. The Balaban J connectivity index is 2.44. The van der Waals surface area contributed by atoms with E-state index in [0.29, 0.717) is 5.92 Å². The minimum atomic E-state index is -0.924. The van der Waals surface area contributed by atoms with Gasteiger partial charge in [-0.05, 0) is 12.8 Å². The second-order valence-electron chi connectivity index (χ2n) is 4.26. The Morgan fingerprint density at radius 3 is 2.67 bits per heavy atom. The van der Waals surface area contributed by atoms with E-state index in [-0.39, 0.29) is 11.5 Å². The van der Waals surface area contributed by atoms with E-state index in [1.807, 2.05) is 13.8 Å². The van der Waals surface area contributed by atoms with Crippen molar-refractivity contribution in [1.82, 2.24) is 9.97 Å². The molecule has 0 bridgehead atoms. The first-order chi connectivity index (χ1) is 7.09. The lowest BCUT2D eigenvalue weighted by atomic mass is 10.1. The summed E-state index contributed by atoms with van der Waals surface area (Å²) in [4.78, 5) is 19.4. The lowest BCUT2D eigenvalue weighted by Gasteiger charge is -2.08. The van der Waals surface area contributed by atoms with Gasteiger partial charge in [0.05, 0.1) is 11.3 Å². The lowest BCUT2D eigenvalue weighted by molar-refractivity contribution is 0.0694. The fourth-order valence-corrected chi connectivity index (χ4v) is 1.52. The van der Waals surface area contributed by atoms with Crippen LogP contribution in [0.15, 0.2) is 6.20 Å². The molecule has 0 aliphatic heterocycles. The number of hydrogen-bond acceptors (Lipinski definition) is 3. The summed E-state index contributed by atoms with van der Waals surface area (Å²) in [5, 5.41) is 8.99. The number of nitrogens with zero attached hydrogens (tertiary/aromatic N) is 2. The molecule has 1 saturated carbocycles. The zero-order valence-corrected chi connectivity index (χ0v) is 8.90. The van der Waals surface area contributed by atoms with Crippen molar-refractivity contribution < 1.29 is 9.90 Å². The molecule has 0 spiro atoms. The topological polar surface area (TPSA) is 63.1 Å². The summed E-state index contributed by atoms with van der Waals surface area (Å²) in [6.07, 6.45) is 3.54. The van der Waals surface area contributed by atoms with Gasteiger partial charge in [0.25, 0.3) is 0 Å². The van der Waals surface area contributed by atoms with Crippen molar-refractivity contribution in [1.29, 1.82) is 0 Å². The number of carboxylic acid groups (broad SMARTS) is 1. The molecule has 0 saturated heterocycles. The molecular formula is C11H14N2O2. The van der Waals surface area contributed by atoms with Gasteiger partial charge in [-0.2, -0.15) is 0 Å². The maximum atomic E-state index is 11.0. The van der Waals surface area contributed by atoms with Crippen molar-refractivity contribution >= 4 is 5.97 Å². The van der Waals surface area contributed by atoms with Crippen molar-refractivity contribution in [3.05, 3.63) is 23.3 Å². The number of rotatable bonds is 3. The number of carboxylic acids is 1.